The van der Waals surface area contributed by atoms with Gasteiger partial charge >= 0.3 is 5.97 Å². The second kappa shape index (κ2) is 9.88. The molecule has 0 bridgehead atoms. The van der Waals surface area contributed by atoms with Crippen molar-refractivity contribution in [2.75, 3.05) is 13.2 Å². The average molecular weight is 400 g/mol. The first kappa shape index (κ1) is 21.3. The molecule has 1 saturated heterocycles. The third-order valence-corrected chi connectivity index (χ3v) is 5.34. The molecule has 0 saturated carbocycles. The summed E-state index contributed by atoms with van der Waals surface area (Å²) in [6.45, 7) is 4.54. The predicted octanol–water partition coefficient (Wildman–Crippen LogP) is 4.17. The van der Waals surface area contributed by atoms with Crippen molar-refractivity contribution in [3.05, 3.63) is 64.5 Å². The first-order valence-electron chi connectivity index (χ1n) is 10.3. The highest BCUT2D eigenvalue weighted by Gasteiger charge is 2.33. The Hall–Kier alpha value is -2.40. The topological polar surface area (TPSA) is 55.8 Å². The Morgan fingerprint density at radius 2 is 1.83 bits per heavy atom. The van der Waals surface area contributed by atoms with E-state index in [1.54, 1.807) is 12.1 Å². The van der Waals surface area contributed by atoms with E-state index < -0.39 is 18.0 Å². The van der Waals surface area contributed by atoms with E-state index in [1.807, 2.05) is 0 Å². The number of hydrogen-bond donors (Lipinski definition) is 1. The first-order chi connectivity index (χ1) is 14.0. The van der Waals surface area contributed by atoms with Crippen LogP contribution in [0.25, 0.3) is 0 Å². The lowest BCUT2D eigenvalue weighted by Gasteiger charge is -2.27. The Kier molecular flexibility index (Phi) is 7.26. The summed E-state index contributed by atoms with van der Waals surface area (Å²) >= 11 is 0. The van der Waals surface area contributed by atoms with E-state index in [1.165, 1.54) is 12.1 Å². The Morgan fingerprint density at radius 3 is 2.48 bits per heavy atom. The molecule has 0 radical (unpaired) electrons. The Bertz CT molecular complexity index is 832. The molecule has 156 valence electrons. The molecular weight excluding hydrogens is 371 g/mol. The van der Waals surface area contributed by atoms with Gasteiger partial charge in [0, 0.05) is 6.42 Å². The molecule has 2 aromatic carbocycles. The molecule has 0 spiro atoms. The van der Waals surface area contributed by atoms with Gasteiger partial charge in [0.05, 0.1) is 12.7 Å². The zero-order chi connectivity index (χ0) is 20.8. The summed E-state index contributed by atoms with van der Waals surface area (Å²) in [5.41, 5.74) is 4.39. The molecule has 1 aliphatic rings. The van der Waals surface area contributed by atoms with Crippen LogP contribution in [0.4, 0.5) is 4.39 Å². The van der Waals surface area contributed by atoms with Crippen LogP contribution in [-0.2, 0) is 28.8 Å². The highest BCUT2D eigenvalue weighted by molar-refractivity contribution is 5.74. The summed E-state index contributed by atoms with van der Waals surface area (Å²) in [4.78, 5) is 12.0. The largest absolute Gasteiger partial charge is 0.492 e. The van der Waals surface area contributed by atoms with Crippen LogP contribution in [0.1, 0.15) is 42.0 Å². The van der Waals surface area contributed by atoms with Crippen LogP contribution < -0.4 is 4.74 Å². The van der Waals surface area contributed by atoms with Gasteiger partial charge in [0.2, 0.25) is 0 Å². The minimum Gasteiger partial charge on any atom is -0.492 e. The molecule has 0 unspecified atom stereocenters. The van der Waals surface area contributed by atoms with Gasteiger partial charge in [0.1, 0.15) is 24.1 Å². The summed E-state index contributed by atoms with van der Waals surface area (Å²) in [6.07, 6.45) is 3.06. The first-order valence-corrected chi connectivity index (χ1v) is 10.3. The van der Waals surface area contributed by atoms with Crippen LogP contribution in [-0.4, -0.2) is 30.4 Å². The molecular formula is C24H29FO4. The lowest BCUT2D eigenvalue weighted by molar-refractivity contribution is -0.162. The standard InChI is InChI=1S/C24H29FO4/c1-3-4-18-13-16(2)14-19(8-5-17-6-9-20(25)10-7-17)23(18)29-15-21-22(26)11-12-28-24(21)27/h6-7,9-10,13-14,21-22,26H,3-5,8,11-12,15H2,1-2H3/t21-,22+/m0/s1. The lowest BCUT2D eigenvalue weighted by Crippen LogP contribution is -2.40. The number of aryl methyl sites for hydroxylation is 4. The van der Waals surface area contributed by atoms with E-state index in [0.29, 0.717) is 6.42 Å². The summed E-state index contributed by atoms with van der Waals surface area (Å²) in [5, 5.41) is 10.2. The van der Waals surface area contributed by atoms with Gasteiger partial charge in [-0.25, -0.2) is 4.39 Å². The molecule has 1 fully saturated rings. The van der Waals surface area contributed by atoms with E-state index in [9.17, 15) is 14.3 Å². The number of benzene rings is 2. The molecule has 2 atom stereocenters. The van der Waals surface area contributed by atoms with E-state index in [0.717, 1.165) is 53.7 Å². The minimum absolute atomic E-state index is 0.101. The molecule has 4 nitrogen and oxygen atoms in total. The molecule has 1 aliphatic heterocycles. The number of esters is 1. The maximum Gasteiger partial charge on any atom is 0.315 e. The van der Waals surface area contributed by atoms with Crippen LogP contribution in [0, 0.1) is 18.7 Å². The van der Waals surface area contributed by atoms with E-state index in [-0.39, 0.29) is 19.0 Å². The van der Waals surface area contributed by atoms with Crippen molar-refractivity contribution in [1.82, 2.24) is 0 Å². The number of carbonyl (C=O) groups excluding carboxylic acids is 1. The van der Waals surface area contributed by atoms with Crippen LogP contribution >= 0.6 is 0 Å². The fourth-order valence-electron chi connectivity index (χ4n) is 3.78. The van der Waals surface area contributed by atoms with Crippen molar-refractivity contribution in [2.24, 2.45) is 5.92 Å². The van der Waals surface area contributed by atoms with Crippen molar-refractivity contribution in [3.8, 4) is 5.75 Å². The van der Waals surface area contributed by atoms with Crippen LogP contribution in [0.15, 0.2) is 36.4 Å². The average Bonchev–Trinajstić information content (AvgIpc) is 2.68. The normalized spacial score (nSPS) is 19.1. The van der Waals surface area contributed by atoms with Gasteiger partial charge in [-0.05, 0) is 55.0 Å². The van der Waals surface area contributed by atoms with Crippen molar-refractivity contribution < 1.29 is 23.8 Å². The molecule has 29 heavy (non-hydrogen) atoms. The minimum atomic E-state index is -0.737. The zero-order valence-electron chi connectivity index (χ0n) is 17.1. The Balaban J connectivity index is 1.80. The number of cyclic esters (lactones) is 1. The number of halogens is 1. The summed E-state index contributed by atoms with van der Waals surface area (Å²) in [7, 11) is 0. The molecule has 1 N–H and O–H groups in total. The molecule has 3 rings (SSSR count). The van der Waals surface area contributed by atoms with E-state index in [4.69, 9.17) is 9.47 Å². The third kappa shape index (κ3) is 5.57. The van der Waals surface area contributed by atoms with E-state index in [2.05, 4.69) is 26.0 Å². The second-order valence-electron chi connectivity index (χ2n) is 7.73. The van der Waals surface area contributed by atoms with E-state index >= 15 is 0 Å². The smallest absolute Gasteiger partial charge is 0.315 e. The quantitative estimate of drug-likeness (QED) is 0.676. The lowest BCUT2D eigenvalue weighted by atomic mass is 9.96. The Morgan fingerprint density at radius 1 is 1.14 bits per heavy atom. The van der Waals surface area contributed by atoms with Crippen molar-refractivity contribution in [2.45, 2.75) is 52.1 Å². The van der Waals surface area contributed by atoms with Gasteiger partial charge in [-0.3, -0.25) is 4.79 Å². The molecule has 0 amide bonds. The number of ether oxygens (including phenoxy) is 2. The Labute approximate surface area is 171 Å². The van der Waals surface area contributed by atoms with Crippen molar-refractivity contribution in [3.63, 3.8) is 0 Å². The van der Waals surface area contributed by atoms with Gasteiger partial charge in [-0.1, -0.05) is 43.2 Å². The van der Waals surface area contributed by atoms with Gasteiger partial charge in [0.25, 0.3) is 0 Å². The van der Waals surface area contributed by atoms with Gasteiger partial charge in [-0.2, -0.15) is 0 Å². The highest BCUT2D eigenvalue weighted by atomic mass is 19.1. The molecule has 0 aliphatic carbocycles. The van der Waals surface area contributed by atoms with Gasteiger partial charge in [0.15, 0.2) is 0 Å². The maximum absolute atomic E-state index is 13.2. The van der Waals surface area contributed by atoms with Crippen molar-refractivity contribution >= 4 is 5.97 Å². The fourth-order valence-corrected chi connectivity index (χ4v) is 3.78. The molecule has 1 heterocycles. The number of hydrogen-bond acceptors (Lipinski definition) is 4. The number of aliphatic hydroxyl groups is 1. The SMILES string of the molecule is CCCc1cc(C)cc(CCc2ccc(F)cc2)c1OC[C@@H]1C(=O)OCC[C@H]1O. The molecule has 2 aromatic rings. The highest BCUT2D eigenvalue weighted by Crippen LogP contribution is 2.30. The summed E-state index contributed by atoms with van der Waals surface area (Å²) in [5.74, 6) is -0.508. The number of carbonyl (C=O) groups is 1. The predicted molar refractivity (Wildman–Crippen MR) is 110 cm³/mol. The van der Waals surface area contributed by atoms with Crippen LogP contribution in [0.5, 0.6) is 5.75 Å². The van der Waals surface area contributed by atoms with Crippen molar-refractivity contribution in [1.29, 1.82) is 0 Å². The second-order valence-corrected chi connectivity index (χ2v) is 7.73. The summed E-state index contributed by atoms with van der Waals surface area (Å²) < 4.78 is 24.4. The van der Waals surface area contributed by atoms with Gasteiger partial charge in [-0.15, -0.1) is 0 Å². The van der Waals surface area contributed by atoms with Gasteiger partial charge < -0.3 is 14.6 Å². The maximum atomic E-state index is 13.2. The monoisotopic (exact) mass is 400 g/mol. The summed E-state index contributed by atoms with van der Waals surface area (Å²) in [6, 6.07) is 10.8. The van der Waals surface area contributed by atoms with Crippen LogP contribution in [0.3, 0.4) is 0 Å². The molecule has 0 aromatic heterocycles. The number of rotatable bonds is 8. The fraction of sp³-hybridized carbons (Fsp3) is 0.458. The van der Waals surface area contributed by atoms with Crippen LogP contribution in [0.2, 0.25) is 0 Å². The third-order valence-electron chi connectivity index (χ3n) is 5.34. The zero-order valence-corrected chi connectivity index (χ0v) is 17.1. The molecule has 5 heteroatoms. The number of aliphatic hydroxyl groups excluding tert-OH is 1.